The van der Waals surface area contributed by atoms with Crippen molar-refractivity contribution in [2.24, 2.45) is 5.73 Å². The minimum atomic E-state index is -2.86. The molecule has 0 radical (unpaired) electrons. The van der Waals surface area contributed by atoms with Crippen LogP contribution in [-0.4, -0.2) is 16.8 Å². The van der Waals surface area contributed by atoms with Gasteiger partial charge in [0.15, 0.2) is 0 Å². The van der Waals surface area contributed by atoms with Gasteiger partial charge in [-0.1, -0.05) is 0 Å². The molecule has 3 atom stereocenters. The lowest BCUT2D eigenvalue weighted by molar-refractivity contribution is 0.336. The molecule has 3 nitrogen and oxygen atoms in total. The van der Waals surface area contributed by atoms with Crippen molar-refractivity contribution in [1.82, 2.24) is 0 Å². The summed E-state index contributed by atoms with van der Waals surface area (Å²) in [7, 11) is -2.86. The highest BCUT2D eigenvalue weighted by Gasteiger charge is 2.15. The second-order valence-corrected chi connectivity index (χ2v) is 2.88. The third kappa shape index (κ3) is 2.40. The highest BCUT2D eigenvalue weighted by atomic mass is 31.1. The van der Waals surface area contributed by atoms with E-state index in [0.29, 0.717) is 0 Å². The Hall–Kier alpha value is 0.0800. The van der Waals surface area contributed by atoms with E-state index in [1.807, 2.05) is 0 Å². The summed E-state index contributed by atoms with van der Waals surface area (Å²) < 4.78 is 21.8. The van der Waals surface area contributed by atoms with Crippen molar-refractivity contribution in [3.8, 4) is 0 Å². The minimum absolute atomic E-state index is 1.16. The topological polar surface area (TPSA) is 63.3 Å². The van der Waals surface area contributed by atoms with Crippen LogP contribution in [-0.2, 0) is 4.57 Å². The lowest BCUT2D eigenvalue weighted by Gasteiger charge is -2.06. The highest BCUT2D eigenvalue weighted by molar-refractivity contribution is 7.38. The van der Waals surface area contributed by atoms with Crippen molar-refractivity contribution in [3.05, 3.63) is 0 Å². The SMILES string of the molecule is C[C@H](F)C(N)[PH](=O)O. The van der Waals surface area contributed by atoms with Crippen molar-refractivity contribution >= 4 is 8.03 Å². The van der Waals surface area contributed by atoms with Crippen LogP contribution in [0, 0.1) is 0 Å². The molecule has 50 valence electrons. The van der Waals surface area contributed by atoms with Crippen molar-refractivity contribution in [3.63, 3.8) is 0 Å². The van der Waals surface area contributed by atoms with E-state index in [-0.39, 0.29) is 0 Å². The Morgan fingerprint density at radius 2 is 2.25 bits per heavy atom. The fourth-order valence-corrected chi connectivity index (χ4v) is 0.589. The highest BCUT2D eigenvalue weighted by Crippen LogP contribution is 2.21. The molecule has 0 aromatic carbocycles. The number of nitrogens with two attached hydrogens (primary N) is 1. The molecule has 3 N–H and O–H groups in total. The van der Waals surface area contributed by atoms with Gasteiger partial charge in [0.2, 0.25) is 8.03 Å². The van der Waals surface area contributed by atoms with E-state index >= 15 is 0 Å². The Labute approximate surface area is 47.6 Å². The van der Waals surface area contributed by atoms with Crippen LogP contribution in [0.2, 0.25) is 0 Å². The fraction of sp³-hybridized carbons (Fsp3) is 1.00. The van der Waals surface area contributed by atoms with Gasteiger partial charge in [0.1, 0.15) is 12.0 Å². The van der Waals surface area contributed by atoms with Crippen LogP contribution in [0.3, 0.4) is 0 Å². The van der Waals surface area contributed by atoms with E-state index < -0.39 is 20.0 Å². The first-order valence-corrected chi connectivity index (χ1v) is 3.61. The quantitative estimate of drug-likeness (QED) is 0.536. The molecule has 0 aromatic heterocycles. The summed E-state index contributed by atoms with van der Waals surface area (Å²) in [6, 6.07) is 0. The first-order valence-electron chi connectivity index (χ1n) is 2.18. The fourth-order valence-electron chi connectivity index (χ4n) is 0.196. The van der Waals surface area contributed by atoms with Crippen LogP contribution in [0.4, 0.5) is 4.39 Å². The van der Waals surface area contributed by atoms with Gasteiger partial charge in [0, 0.05) is 0 Å². The van der Waals surface area contributed by atoms with Gasteiger partial charge in [-0.2, -0.15) is 0 Å². The van der Waals surface area contributed by atoms with Crippen molar-refractivity contribution in [1.29, 1.82) is 0 Å². The Morgan fingerprint density at radius 3 is 2.25 bits per heavy atom. The third-order valence-electron chi connectivity index (χ3n) is 0.780. The molecule has 8 heavy (non-hydrogen) atoms. The molecule has 0 spiro atoms. The molecule has 0 saturated carbocycles. The summed E-state index contributed by atoms with van der Waals surface area (Å²) in [5.74, 6) is -1.19. The van der Waals surface area contributed by atoms with E-state index in [0.717, 1.165) is 6.92 Å². The normalized spacial score (nSPS) is 22.0. The van der Waals surface area contributed by atoms with E-state index in [1.165, 1.54) is 0 Å². The predicted molar refractivity (Wildman–Crippen MR) is 29.8 cm³/mol. The number of hydrogen-bond acceptors (Lipinski definition) is 2. The summed E-state index contributed by atoms with van der Waals surface area (Å²) in [5, 5.41) is 0. The molecular weight excluding hydrogens is 132 g/mol. The van der Waals surface area contributed by atoms with Gasteiger partial charge in [-0.05, 0) is 6.92 Å². The van der Waals surface area contributed by atoms with Gasteiger partial charge in [0.25, 0.3) is 0 Å². The van der Waals surface area contributed by atoms with Crippen LogP contribution in [0.5, 0.6) is 0 Å². The molecule has 0 bridgehead atoms. The monoisotopic (exact) mass is 141 g/mol. The Balaban J connectivity index is 3.64. The van der Waals surface area contributed by atoms with Gasteiger partial charge in [-0.15, -0.1) is 0 Å². The number of rotatable bonds is 2. The summed E-state index contributed by atoms with van der Waals surface area (Å²) >= 11 is 0. The maximum atomic E-state index is 11.9. The first kappa shape index (κ1) is 8.08. The lowest BCUT2D eigenvalue weighted by Crippen LogP contribution is -2.24. The number of alkyl halides is 1. The third-order valence-corrected chi connectivity index (χ3v) is 1.81. The van der Waals surface area contributed by atoms with Crippen molar-refractivity contribution in [2.45, 2.75) is 18.9 Å². The number of hydrogen-bond donors (Lipinski definition) is 2. The van der Waals surface area contributed by atoms with Gasteiger partial charge < -0.3 is 10.6 Å². The molecule has 0 aliphatic carbocycles. The Morgan fingerprint density at radius 1 is 1.88 bits per heavy atom. The molecule has 0 amide bonds. The van der Waals surface area contributed by atoms with Crippen molar-refractivity contribution in [2.75, 3.05) is 0 Å². The molecule has 5 heteroatoms. The molecular formula is C3H9FNO2P. The molecule has 2 unspecified atom stereocenters. The summed E-state index contributed by atoms with van der Waals surface area (Å²) in [6.45, 7) is 1.16. The smallest absolute Gasteiger partial charge is 0.208 e. The van der Waals surface area contributed by atoms with E-state index in [9.17, 15) is 8.96 Å². The maximum Gasteiger partial charge on any atom is 0.208 e. The van der Waals surface area contributed by atoms with Gasteiger partial charge >= 0.3 is 0 Å². The van der Waals surface area contributed by atoms with Crippen LogP contribution < -0.4 is 5.73 Å². The lowest BCUT2D eigenvalue weighted by atomic mass is 10.4. The molecule has 0 saturated heterocycles. The second kappa shape index (κ2) is 3.17. The average Bonchev–Trinajstić information content (AvgIpc) is 1.64. The van der Waals surface area contributed by atoms with E-state index in [4.69, 9.17) is 10.6 Å². The van der Waals surface area contributed by atoms with Crippen LogP contribution >= 0.6 is 8.03 Å². The molecule has 0 aliphatic heterocycles. The molecule has 0 aromatic rings. The Kier molecular flexibility index (Phi) is 3.21. The average molecular weight is 141 g/mol. The van der Waals surface area contributed by atoms with E-state index in [2.05, 4.69) is 0 Å². The molecule has 0 rings (SSSR count). The number of halogens is 1. The van der Waals surface area contributed by atoms with E-state index in [1.54, 1.807) is 0 Å². The zero-order valence-corrected chi connectivity index (χ0v) is 5.47. The maximum absolute atomic E-state index is 11.9. The molecule has 0 heterocycles. The van der Waals surface area contributed by atoms with Gasteiger partial charge in [0.05, 0.1) is 0 Å². The predicted octanol–water partition coefficient (Wildman–Crippen LogP) is 0.0962. The van der Waals surface area contributed by atoms with Gasteiger partial charge in [-0.3, -0.25) is 4.57 Å². The molecule has 0 fully saturated rings. The molecule has 0 aliphatic rings. The summed E-state index contributed by atoms with van der Waals surface area (Å²) in [6.07, 6.45) is -1.40. The van der Waals surface area contributed by atoms with Crippen molar-refractivity contribution < 1.29 is 13.8 Å². The standard InChI is InChI=1S/C3H9FNO2P/c1-2(4)3(5)8(6)7/h2-3,8H,5H2,1H3,(H,6,7)/t2-,3?/m0/s1. The zero-order chi connectivity index (χ0) is 6.73. The second-order valence-electron chi connectivity index (χ2n) is 1.54. The first-order chi connectivity index (χ1) is 3.55. The largest absolute Gasteiger partial charge is 0.345 e. The minimum Gasteiger partial charge on any atom is -0.345 e. The van der Waals surface area contributed by atoms with Crippen LogP contribution in [0.1, 0.15) is 6.92 Å². The summed E-state index contributed by atoms with van der Waals surface area (Å²) in [5.41, 5.74) is 4.87. The van der Waals surface area contributed by atoms with Gasteiger partial charge in [-0.25, -0.2) is 4.39 Å². The summed E-state index contributed by atoms with van der Waals surface area (Å²) in [4.78, 5) is 8.17. The van der Waals surface area contributed by atoms with Crippen LogP contribution in [0.15, 0.2) is 0 Å². The zero-order valence-electron chi connectivity index (χ0n) is 4.47. The van der Waals surface area contributed by atoms with Crippen LogP contribution in [0.25, 0.3) is 0 Å². The Bertz CT molecular complexity index is 97.3.